The molecule has 13 heavy (non-hydrogen) atoms. The van der Waals surface area contributed by atoms with Crippen molar-refractivity contribution in [2.75, 3.05) is 0 Å². The zero-order valence-electron chi connectivity index (χ0n) is 8.62. The van der Waals surface area contributed by atoms with Crippen LogP contribution in [-0.4, -0.2) is 11.0 Å². The molecule has 0 saturated carbocycles. The molecule has 0 fully saturated rings. The average molecular weight is 178 g/mol. The van der Waals surface area contributed by atoms with Crippen LogP contribution < -0.4 is 5.32 Å². The molecule has 0 saturated heterocycles. The minimum Gasteiger partial charge on any atom is -0.310 e. The molecule has 1 atom stereocenters. The van der Waals surface area contributed by atoms with Gasteiger partial charge in [-0.25, -0.2) is 0 Å². The van der Waals surface area contributed by atoms with Crippen molar-refractivity contribution in [2.45, 2.75) is 33.4 Å². The maximum atomic E-state index is 4.07. The maximum absolute atomic E-state index is 4.07. The fourth-order valence-corrected chi connectivity index (χ4v) is 1.02. The van der Waals surface area contributed by atoms with Crippen LogP contribution in [0, 0.1) is 5.92 Å². The summed E-state index contributed by atoms with van der Waals surface area (Å²) in [4.78, 5) is 4.07. The van der Waals surface area contributed by atoms with E-state index in [0.29, 0.717) is 12.0 Å². The van der Waals surface area contributed by atoms with Gasteiger partial charge in [-0.1, -0.05) is 19.9 Å². The van der Waals surface area contributed by atoms with Crippen molar-refractivity contribution in [1.29, 1.82) is 0 Å². The summed E-state index contributed by atoms with van der Waals surface area (Å²) in [6, 6.07) is 4.62. The molecule has 0 aliphatic rings. The summed E-state index contributed by atoms with van der Waals surface area (Å²) in [5.41, 5.74) is 1.25. The Hall–Kier alpha value is -0.890. The molecule has 2 heteroatoms. The lowest BCUT2D eigenvalue weighted by Gasteiger charge is -2.17. The number of pyridine rings is 1. The van der Waals surface area contributed by atoms with Crippen LogP contribution in [0.5, 0.6) is 0 Å². The number of nitrogens with zero attached hydrogens (tertiary/aromatic N) is 1. The second-order valence-electron chi connectivity index (χ2n) is 3.77. The van der Waals surface area contributed by atoms with E-state index >= 15 is 0 Å². The van der Waals surface area contributed by atoms with Crippen LogP contribution in [0.25, 0.3) is 0 Å². The highest BCUT2D eigenvalue weighted by Crippen LogP contribution is 2.02. The Labute approximate surface area is 80.4 Å². The fraction of sp³-hybridized carbons (Fsp3) is 0.545. The summed E-state index contributed by atoms with van der Waals surface area (Å²) >= 11 is 0. The topological polar surface area (TPSA) is 24.9 Å². The third-order valence-corrected chi connectivity index (χ3v) is 2.35. The van der Waals surface area contributed by atoms with Gasteiger partial charge in [0.1, 0.15) is 0 Å². The molecule has 1 heterocycles. The molecule has 1 rings (SSSR count). The molecule has 0 aliphatic carbocycles. The van der Waals surface area contributed by atoms with Crippen LogP contribution in [0.4, 0.5) is 0 Å². The zero-order chi connectivity index (χ0) is 9.68. The maximum Gasteiger partial charge on any atom is 0.0312 e. The molecule has 0 unspecified atom stereocenters. The van der Waals surface area contributed by atoms with E-state index in [9.17, 15) is 0 Å². The average Bonchev–Trinajstić information content (AvgIpc) is 2.15. The summed E-state index contributed by atoms with van der Waals surface area (Å²) in [7, 11) is 0. The fourth-order valence-electron chi connectivity index (χ4n) is 1.02. The number of aromatic nitrogens is 1. The van der Waals surface area contributed by atoms with Gasteiger partial charge in [0.15, 0.2) is 0 Å². The van der Waals surface area contributed by atoms with Gasteiger partial charge in [0, 0.05) is 25.0 Å². The first kappa shape index (κ1) is 10.2. The molecular formula is C11H18N2. The Balaban J connectivity index is 2.35. The molecule has 1 aromatic rings. The molecule has 1 N–H and O–H groups in total. The van der Waals surface area contributed by atoms with Crippen molar-refractivity contribution in [3.63, 3.8) is 0 Å². The van der Waals surface area contributed by atoms with E-state index in [1.54, 1.807) is 6.20 Å². The summed E-state index contributed by atoms with van der Waals surface area (Å²) in [5.74, 6) is 0.677. The van der Waals surface area contributed by atoms with E-state index in [4.69, 9.17) is 0 Å². The first-order valence-electron chi connectivity index (χ1n) is 4.82. The summed E-state index contributed by atoms with van der Waals surface area (Å²) < 4.78 is 0. The lowest BCUT2D eigenvalue weighted by Crippen LogP contribution is -2.30. The summed E-state index contributed by atoms with van der Waals surface area (Å²) in [6.45, 7) is 7.57. The molecule has 0 spiro atoms. The molecule has 1 aromatic heterocycles. The first-order chi connectivity index (χ1) is 6.20. The van der Waals surface area contributed by atoms with Crippen LogP contribution in [0.1, 0.15) is 26.3 Å². The van der Waals surface area contributed by atoms with Gasteiger partial charge in [-0.3, -0.25) is 4.98 Å². The monoisotopic (exact) mass is 178 g/mol. The van der Waals surface area contributed by atoms with Crippen LogP contribution in [0.3, 0.4) is 0 Å². The predicted molar refractivity (Wildman–Crippen MR) is 55.4 cm³/mol. The Morgan fingerprint density at radius 1 is 1.38 bits per heavy atom. The van der Waals surface area contributed by atoms with E-state index in [0.717, 1.165) is 6.54 Å². The standard InChI is InChI=1S/C11H18N2/c1-9(2)10(3)13-8-11-5-4-6-12-7-11/h4-7,9-10,13H,8H2,1-3H3/t10-/m0/s1. The van der Waals surface area contributed by atoms with E-state index in [-0.39, 0.29) is 0 Å². The largest absolute Gasteiger partial charge is 0.310 e. The van der Waals surface area contributed by atoms with Crippen LogP contribution in [0.2, 0.25) is 0 Å². The predicted octanol–water partition coefficient (Wildman–Crippen LogP) is 2.22. The molecule has 0 amide bonds. The quantitative estimate of drug-likeness (QED) is 0.764. The Morgan fingerprint density at radius 3 is 2.69 bits per heavy atom. The van der Waals surface area contributed by atoms with Crippen molar-refractivity contribution in [3.8, 4) is 0 Å². The number of hydrogen-bond acceptors (Lipinski definition) is 2. The van der Waals surface area contributed by atoms with Crippen molar-refractivity contribution < 1.29 is 0 Å². The van der Waals surface area contributed by atoms with Crippen LogP contribution in [0.15, 0.2) is 24.5 Å². The molecular weight excluding hydrogens is 160 g/mol. The highest BCUT2D eigenvalue weighted by Gasteiger charge is 2.05. The lowest BCUT2D eigenvalue weighted by atomic mass is 10.1. The van der Waals surface area contributed by atoms with Crippen molar-refractivity contribution in [2.24, 2.45) is 5.92 Å². The van der Waals surface area contributed by atoms with Gasteiger partial charge >= 0.3 is 0 Å². The van der Waals surface area contributed by atoms with Crippen LogP contribution in [-0.2, 0) is 6.54 Å². The van der Waals surface area contributed by atoms with Gasteiger partial charge in [-0.2, -0.15) is 0 Å². The number of hydrogen-bond donors (Lipinski definition) is 1. The highest BCUT2D eigenvalue weighted by molar-refractivity contribution is 5.07. The third kappa shape index (κ3) is 3.55. The minimum atomic E-state index is 0.556. The van der Waals surface area contributed by atoms with Gasteiger partial charge in [0.25, 0.3) is 0 Å². The smallest absolute Gasteiger partial charge is 0.0312 e. The summed E-state index contributed by atoms with van der Waals surface area (Å²) in [5, 5.41) is 3.46. The van der Waals surface area contributed by atoms with E-state index in [1.165, 1.54) is 5.56 Å². The lowest BCUT2D eigenvalue weighted by molar-refractivity contribution is 0.426. The van der Waals surface area contributed by atoms with E-state index < -0.39 is 0 Å². The molecule has 0 radical (unpaired) electrons. The first-order valence-corrected chi connectivity index (χ1v) is 4.82. The van der Waals surface area contributed by atoms with Gasteiger partial charge in [-0.05, 0) is 24.5 Å². The van der Waals surface area contributed by atoms with Gasteiger partial charge in [-0.15, -0.1) is 0 Å². The Morgan fingerprint density at radius 2 is 2.15 bits per heavy atom. The van der Waals surface area contributed by atoms with Crippen molar-refractivity contribution in [1.82, 2.24) is 10.3 Å². The SMILES string of the molecule is CC(C)[C@H](C)NCc1cccnc1. The van der Waals surface area contributed by atoms with Gasteiger partial charge < -0.3 is 5.32 Å². The van der Waals surface area contributed by atoms with Gasteiger partial charge in [0.2, 0.25) is 0 Å². The molecule has 72 valence electrons. The van der Waals surface area contributed by atoms with E-state index in [1.807, 2.05) is 12.3 Å². The molecule has 2 nitrogen and oxygen atoms in total. The second kappa shape index (κ2) is 4.97. The number of nitrogens with one attached hydrogen (secondary N) is 1. The Kier molecular flexibility index (Phi) is 3.90. The van der Waals surface area contributed by atoms with Gasteiger partial charge in [0.05, 0.1) is 0 Å². The van der Waals surface area contributed by atoms with Crippen molar-refractivity contribution >= 4 is 0 Å². The second-order valence-corrected chi connectivity index (χ2v) is 3.77. The Bertz CT molecular complexity index is 231. The summed E-state index contributed by atoms with van der Waals surface area (Å²) in [6.07, 6.45) is 3.70. The minimum absolute atomic E-state index is 0.556. The molecule has 0 aliphatic heterocycles. The molecule has 0 aromatic carbocycles. The van der Waals surface area contributed by atoms with E-state index in [2.05, 4.69) is 37.1 Å². The molecule has 0 bridgehead atoms. The highest BCUT2D eigenvalue weighted by atomic mass is 14.9. The normalized spacial score (nSPS) is 13.2. The van der Waals surface area contributed by atoms with Crippen LogP contribution >= 0.6 is 0 Å². The zero-order valence-corrected chi connectivity index (χ0v) is 8.62. The van der Waals surface area contributed by atoms with Crippen molar-refractivity contribution in [3.05, 3.63) is 30.1 Å². The third-order valence-electron chi connectivity index (χ3n) is 2.35. The number of rotatable bonds is 4.